The summed E-state index contributed by atoms with van der Waals surface area (Å²) in [6.45, 7) is 1.53. The van der Waals surface area contributed by atoms with E-state index < -0.39 is 29.6 Å². The third-order valence-electron chi connectivity index (χ3n) is 7.21. The summed E-state index contributed by atoms with van der Waals surface area (Å²) >= 11 is 0. The number of hydrogen-bond donors (Lipinski definition) is 2. The lowest BCUT2D eigenvalue weighted by molar-refractivity contribution is -0.137. The molecule has 1 aliphatic heterocycles. The van der Waals surface area contributed by atoms with Crippen LogP contribution < -0.4 is 5.76 Å². The van der Waals surface area contributed by atoms with Crippen molar-refractivity contribution in [1.82, 2.24) is 14.8 Å². The summed E-state index contributed by atoms with van der Waals surface area (Å²) in [6.07, 6.45) is -4.93. The van der Waals surface area contributed by atoms with Crippen LogP contribution in [-0.2, 0) is 12.6 Å². The van der Waals surface area contributed by atoms with Crippen LogP contribution in [0, 0.1) is 0 Å². The molecule has 1 unspecified atom stereocenters. The van der Waals surface area contributed by atoms with Crippen LogP contribution in [0.5, 0.6) is 0 Å². The number of hydrogen-bond acceptors (Lipinski definition) is 5. The molecule has 1 fully saturated rings. The molecule has 5 rings (SSSR count). The van der Waals surface area contributed by atoms with E-state index in [1.807, 2.05) is 23.1 Å². The number of piperazine rings is 1. The molecular formula is C29H26F3N3O5. The molecular weight excluding hydrogens is 527 g/mol. The number of benzene rings is 3. The first-order valence-electron chi connectivity index (χ1n) is 12.7. The molecule has 2 N–H and O–H groups in total. The molecule has 40 heavy (non-hydrogen) atoms. The summed E-state index contributed by atoms with van der Waals surface area (Å²) in [6, 6.07) is 16.5. The minimum atomic E-state index is -4.43. The molecule has 0 spiro atoms. The molecule has 0 radical (unpaired) electrons. The number of Topliss-reactive ketones (excluding diaryl/α,β-unsaturated/α-hetero) is 1. The van der Waals surface area contributed by atoms with Gasteiger partial charge in [0.05, 0.1) is 17.1 Å². The predicted molar refractivity (Wildman–Crippen MR) is 141 cm³/mol. The molecule has 4 aromatic rings. The van der Waals surface area contributed by atoms with Gasteiger partial charge < -0.3 is 14.4 Å². The first kappa shape index (κ1) is 27.2. The summed E-state index contributed by atoms with van der Waals surface area (Å²) in [4.78, 5) is 42.2. The minimum Gasteiger partial charge on any atom is -0.465 e. The van der Waals surface area contributed by atoms with Crippen molar-refractivity contribution in [3.8, 4) is 11.1 Å². The average Bonchev–Trinajstić information content (AvgIpc) is 3.31. The van der Waals surface area contributed by atoms with E-state index in [-0.39, 0.29) is 18.7 Å². The fourth-order valence-electron chi connectivity index (χ4n) is 5.14. The summed E-state index contributed by atoms with van der Waals surface area (Å²) in [5.74, 6) is -0.725. The standard InChI is InChI=1S/C29H26F3N3O5/c30-29(31,32)21-8-5-18(6-9-21)23-4-2-1-3-19(23)15-22-17-34(13-14-35(22)28(38)39)12-11-25(36)20-7-10-24-26(16-20)40-27(37)33-24/h1-10,16,22H,11-15,17H2,(H,33,37)(H,38,39). The molecule has 1 aliphatic rings. The number of ketones is 1. The van der Waals surface area contributed by atoms with Gasteiger partial charge in [-0.1, -0.05) is 36.4 Å². The number of alkyl halides is 3. The van der Waals surface area contributed by atoms with Crippen molar-refractivity contribution in [1.29, 1.82) is 0 Å². The molecule has 8 nitrogen and oxygen atoms in total. The number of H-pyrrole nitrogens is 1. The fraction of sp³-hybridized carbons (Fsp3) is 0.276. The molecule has 1 amide bonds. The van der Waals surface area contributed by atoms with E-state index in [1.54, 1.807) is 18.2 Å². The first-order valence-corrected chi connectivity index (χ1v) is 12.7. The number of nitrogens with one attached hydrogen (secondary N) is 1. The van der Waals surface area contributed by atoms with Crippen molar-refractivity contribution >= 4 is 23.0 Å². The lowest BCUT2D eigenvalue weighted by Crippen LogP contribution is -2.55. The second-order valence-electron chi connectivity index (χ2n) is 9.77. The Balaban J connectivity index is 1.29. The fourth-order valence-corrected chi connectivity index (χ4v) is 5.14. The van der Waals surface area contributed by atoms with Gasteiger partial charge in [-0.15, -0.1) is 0 Å². The zero-order valence-electron chi connectivity index (χ0n) is 21.3. The van der Waals surface area contributed by atoms with Crippen molar-refractivity contribution in [3.63, 3.8) is 0 Å². The Kier molecular flexibility index (Phi) is 7.49. The smallest absolute Gasteiger partial charge is 0.417 e. The zero-order chi connectivity index (χ0) is 28.4. The van der Waals surface area contributed by atoms with Crippen LogP contribution in [0.25, 0.3) is 22.2 Å². The van der Waals surface area contributed by atoms with E-state index in [4.69, 9.17) is 4.42 Å². The number of nitrogens with zero attached hydrogens (tertiary/aromatic N) is 2. The van der Waals surface area contributed by atoms with Crippen LogP contribution in [-0.4, -0.2) is 64.0 Å². The van der Waals surface area contributed by atoms with Gasteiger partial charge in [0.25, 0.3) is 0 Å². The number of aromatic nitrogens is 1. The van der Waals surface area contributed by atoms with Gasteiger partial charge >= 0.3 is 18.0 Å². The highest BCUT2D eigenvalue weighted by atomic mass is 19.4. The lowest BCUT2D eigenvalue weighted by Gasteiger charge is -2.40. The molecule has 2 heterocycles. The highest BCUT2D eigenvalue weighted by molar-refractivity contribution is 5.98. The Morgan fingerprint density at radius 1 is 1.02 bits per heavy atom. The number of rotatable bonds is 7. The van der Waals surface area contributed by atoms with Crippen LogP contribution in [0.4, 0.5) is 18.0 Å². The van der Waals surface area contributed by atoms with Crippen LogP contribution in [0.3, 0.4) is 0 Å². The number of fused-ring (bicyclic) bond motifs is 1. The van der Waals surface area contributed by atoms with Crippen molar-refractivity contribution in [2.45, 2.75) is 25.1 Å². The van der Waals surface area contributed by atoms with Gasteiger partial charge in [-0.3, -0.25) is 14.7 Å². The molecule has 11 heteroatoms. The number of carboxylic acid groups (broad SMARTS) is 1. The van der Waals surface area contributed by atoms with Gasteiger partial charge in [-0.2, -0.15) is 13.2 Å². The number of carbonyl (C=O) groups excluding carboxylic acids is 1. The van der Waals surface area contributed by atoms with Crippen LogP contribution in [0.15, 0.2) is 75.9 Å². The molecule has 1 aromatic heterocycles. The van der Waals surface area contributed by atoms with Crippen molar-refractivity contribution in [2.75, 3.05) is 26.2 Å². The van der Waals surface area contributed by atoms with Crippen LogP contribution >= 0.6 is 0 Å². The van der Waals surface area contributed by atoms with Crippen LogP contribution in [0.2, 0.25) is 0 Å². The second kappa shape index (κ2) is 11.0. The van der Waals surface area contributed by atoms with Crippen LogP contribution in [0.1, 0.15) is 27.9 Å². The molecule has 0 aliphatic carbocycles. The normalized spacial score (nSPS) is 16.4. The second-order valence-corrected chi connectivity index (χ2v) is 9.77. The summed E-state index contributed by atoms with van der Waals surface area (Å²) in [5, 5.41) is 9.83. The number of halogens is 3. The van der Waals surface area contributed by atoms with E-state index in [0.29, 0.717) is 48.3 Å². The Hall–Kier alpha value is -4.38. The quantitative estimate of drug-likeness (QED) is 0.302. The van der Waals surface area contributed by atoms with Gasteiger partial charge in [0.15, 0.2) is 11.4 Å². The largest absolute Gasteiger partial charge is 0.465 e. The maximum atomic E-state index is 13.0. The van der Waals surface area contributed by atoms with Gasteiger partial charge in [0.2, 0.25) is 0 Å². The van der Waals surface area contributed by atoms with Crippen molar-refractivity contribution in [3.05, 3.63) is 94.0 Å². The summed E-state index contributed by atoms with van der Waals surface area (Å²) in [5.41, 5.74) is 2.66. The highest BCUT2D eigenvalue weighted by Gasteiger charge is 2.32. The summed E-state index contributed by atoms with van der Waals surface area (Å²) < 4.78 is 44.1. The zero-order valence-corrected chi connectivity index (χ0v) is 21.3. The summed E-state index contributed by atoms with van der Waals surface area (Å²) in [7, 11) is 0. The monoisotopic (exact) mass is 553 g/mol. The highest BCUT2D eigenvalue weighted by Crippen LogP contribution is 2.32. The van der Waals surface area contributed by atoms with Gasteiger partial charge in [0.1, 0.15) is 0 Å². The Labute approximate surface area is 226 Å². The number of oxazole rings is 1. The van der Waals surface area contributed by atoms with E-state index in [0.717, 1.165) is 23.3 Å². The van der Waals surface area contributed by atoms with Crippen molar-refractivity contribution < 1.29 is 32.3 Å². The first-order chi connectivity index (χ1) is 19.1. The molecule has 0 bridgehead atoms. The van der Waals surface area contributed by atoms with E-state index in [1.165, 1.54) is 23.1 Å². The Morgan fingerprint density at radius 3 is 2.50 bits per heavy atom. The molecule has 208 valence electrons. The maximum absolute atomic E-state index is 13.0. The Morgan fingerprint density at radius 2 is 1.77 bits per heavy atom. The molecule has 1 saturated heterocycles. The average molecular weight is 554 g/mol. The van der Waals surface area contributed by atoms with E-state index in [2.05, 4.69) is 4.98 Å². The maximum Gasteiger partial charge on any atom is 0.417 e. The molecule has 1 atom stereocenters. The molecule has 0 saturated carbocycles. The molecule has 3 aromatic carbocycles. The van der Waals surface area contributed by atoms with Crippen molar-refractivity contribution in [2.24, 2.45) is 0 Å². The van der Waals surface area contributed by atoms with E-state index >= 15 is 0 Å². The SMILES string of the molecule is O=C(CCN1CCN(C(=O)O)C(Cc2ccccc2-c2ccc(C(F)(F)F)cc2)C1)c1ccc2[nH]c(=O)oc2c1. The lowest BCUT2D eigenvalue weighted by atomic mass is 9.93. The van der Waals surface area contributed by atoms with E-state index in [9.17, 15) is 32.7 Å². The number of amides is 1. The minimum absolute atomic E-state index is 0.129. The number of carbonyl (C=O) groups is 2. The third kappa shape index (κ3) is 5.94. The van der Waals surface area contributed by atoms with Gasteiger partial charge in [-0.25, -0.2) is 9.59 Å². The van der Waals surface area contributed by atoms with Gasteiger partial charge in [0, 0.05) is 38.2 Å². The van der Waals surface area contributed by atoms with Gasteiger partial charge in [-0.05, 0) is 53.4 Å². The topological polar surface area (TPSA) is 107 Å². The predicted octanol–water partition coefficient (Wildman–Crippen LogP) is 5.29. The number of aromatic amines is 1. The third-order valence-corrected chi connectivity index (χ3v) is 7.21. The Bertz CT molecular complexity index is 1590.